The van der Waals surface area contributed by atoms with Crippen LogP contribution < -0.4 is 5.32 Å². The lowest BCUT2D eigenvalue weighted by Gasteiger charge is -2.38. The first-order valence-corrected chi connectivity index (χ1v) is 7.24. The Morgan fingerprint density at radius 3 is 2.82 bits per heavy atom. The Morgan fingerprint density at radius 1 is 1.32 bits per heavy atom. The van der Waals surface area contributed by atoms with E-state index in [9.17, 15) is 18.3 Å². The Hall–Kier alpha value is -1.60. The highest BCUT2D eigenvalue weighted by Crippen LogP contribution is 2.40. The molecule has 1 saturated heterocycles. The van der Waals surface area contributed by atoms with Gasteiger partial charge in [0.2, 0.25) is 0 Å². The number of nitrogens with one attached hydrogen (secondary N) is 1. The van der Waals surface area contributed by atoms with E-state index in [1.54, 1.807) is 12.1 Å². The number of hydrogen-bond acceptors (Lipinski definition) is 4. The topological polar surface area (TPSA) is 47.9 Å². The van der Waals surface area contributed by atoms with Gasteiger partial charge in [-0.15, -0.1) is 0 Å². The second-order valence-electron chi connectivity index (χ2n) is 5.80. The van der Waals surface area contributed by atoms with E-state index < -0.39 is 11.8 Å². The van der Waals surface area contributed by atoms with Gasteiger partial charge in [0.25, 0.3) is 0 Å². The number of rotatable bonds is 1. The molecule has 2 N–H and O–H groups in total. The maximum Gasteiger partial charge on any atom is 0.420 e. The lowest BCUT2D eigenvalue weighted by atomic mass is 9.95. The Morgan fingerprint density at radius 2 is 2.09 bits per heavy atom. The summed E-state index contributed by atoms with van der Waals surface area (Å²) >= 11 is 0. The molecular weight excluding hydrogens is 295 g/mol. The van der Waals surface area contributed by atoms with Gasteiger partial charge in [-0.25, -0.2) is 0 Å². The second-order valence-corrected chi connectivity index (χ2v) is 5.80. The van der Waals surface area contributed by atoms with Crippen molar-refractivity contribution in [3.05, 3.63) is 29.3 Å². The minimum Gasteiger partial charge on any atom is -0.507 e. The van der Waals surface area contributed by atoms with Crippen molar-refractivity contribution in [3.63, 3.8) is 0 Å². The number of phenols is 1. The van der Waals surface area contributed by atoms with E-state index in [0.717, 1.165) is 5.56 Å². The molecule has 1 unspecified atom stereocenters. The van der Waals surface area contributed by atoms with Crippen LogP contribution in [0.15, 0.2) is 23.2 Å². The zero-order chi connectivity index (χ0) is 16.0. The normalized spacial score (nSPS) is 26.5. The molecular formula is C15H18F3N3O. The zero-order valence-corrected chi connectivity index (χ0v) is 12.2. The summed E-state index contributed by atoms with van der Waals surface area (Å²) in [5, 5.41) is 12.6. The fourth-order valence-electron chi connectivity index (χ4n) is 3.22. The largest absolute Gasteiger partial charge is 0.507 e. The third-order valence-corrected chi connectivity index (χ3v) is 4.37. The van der Waals surface area contributed by atoms with Crippen molar-refractivity contribution in [2.75, 3.05) is 26.2 Å². The van der Waals surface area contributed by atoms with Crippen LogP contribution in [0.4, 0.5) is 13.2 Å². The van der Waals surface area contributed by atoms with Gasteiger partial charge < -0.3 is 5.11 Å². The minimum absolute atomic E-state index is 0.0341. The number of aliphatic imine (C=N–C) groups is 1. The number of aromatic hydroxyl groups is 1. The maximum atomic E-state index is 13.7. The molecule has 1 aromatic carbocycles. The van der Waals surface area contributed by atoms with Crippen LogP contribution in [0.5, 0.6) is 5.75 Å². The van der Waals surface area contributed by atoms with Crippen LogP contribution in [0, 0.1) is 6.92 Å². The highest BCUT2D eigenvalue weighted by atomic mass is 19.4. The molecule has 0 spiro atoms. The number of nitrogens with zero attached hydrogens (tertiary/aromatic N) is 2. The van der Waals surface area contributed by atoms with Crippen LogP contribution in [0.3, 0.4) is 0 Å². The Kier molecular flexibility index (Phi) is 3.65. The molecule has 1 aromatic rings. The molecule has 0 amide bonds. The molecule has 2 aliphatic heterocycles. The van der Waals surface area contributed by atoms with Crippen molar-refractivity contribution in [1.82, 2.24) is 10.2 Å². The van der Waals surface area contributed by atoms with E-state index in [0.29, 0.717) is 30.9 Å². The first-order valence-electron chi connectivity index (χ1n) is 7.24. The van der Waals surface area contributed by atoms with Gasteiger partial charge in [-0.1, -0.05) is 11.6 Å². The molecule has 3 rings (SSSR count). The summed E-state index contributed by atoms with van der Waals surface area (Å²) in [6, 6.07) is 4.90. The molecule has 0 aliphatic carbocycles. The summed E-state index contributed by atoms with van der Waals surface area (Å²) in [5.74, 6) is -0.0341. The number of hydrogen-bond donors (Lipinski definition) is 2. The van der Waals surface area contributed by atoms with Crippen LogP contribution in [0.25, 0.3) is 0 Å². The maximum absolute atomic E-state index is 13.7. The molecule has 2 heterocycles. The van der Waals surface area contributed by atoms with Crippen LogP contribution in [0.2, 0.25) is 0 Å². The van der Waals surface area contributed by atoms with Crippen molar-refractivity contribution >= 4 is 5.71 Å². The summed E-state index contributed by atoms with van der Waals surface area (Å²) in [4.78, 5) is 5.72. The average molecular weight is 313 g/mol. The van der Waals surface area contributed by atoms with E-state index in [1.807, 2.05) is 6.92 Å². The van der Waals surface area contributed by atoms with Gasteiger partial charge >= 0.3 is 6.18 Å². The monoisotopic (exact) mass is 313 g/mol. The number of benzene rings is 1. The lowest BCUT2D eigenvalue weighted by molar-refractivity contribution is -0.227. The molecule has 22 heavy (non-hydrogen) atoms. The highest BCUT2D eigenvalue weighted by molar-refractivity contribution is 6.03. The van der Waals surface area contributed by atoms with Crippen LogP contribution in [-0.4, -0.2) is 53.7 Å². The number of fused-ring (bicyclic) bond motifs is 1. The van der Waals surface area contributed by atoms with Gasteiger partial charge in [-0.2, -0.15) is 13.2 Å². The standard InChI is InChI=1S/C15H18F3N3O/c1-10-2-3-13(22)11(8-10)12-9-14(15(16,17)18)20-5-7-21(14)6-4-19-12/h2-3,8,20,22H,4-7,9H2,1H3. The molecule has 0 bridgehead atoms. The van der Waals surface area contributed by atoms with Gasteiger partial charge in [0.15, 0.2) is 5.66 Å². The summed E-state index contributed by atoms with van der Waals surface area (Å²) in [7, 11) is 0. The first kappa shape index (κ1) is 15.3. The van der Waals surface area contributed by atoms with E-state index in [-0.39, 0.29) is 18.7 Å². The third-order valence-electron chi connectivity index (χ3n) is 4.37. The van der Waals surface area contributed by atoms with Crippen molar-refractivity contribution < 1.29 is 18.3 Å². The molecule has 7 heteroatoms. The van der Waals surface area contributed by atoms with Gasteiger partial charge in [-0.3, -0.25) is 15.2 Å². The molecule has 4 nitrogen and oxygen atoms in total. The minimum atomic E-state index is -4.41. The molecule has 0 saturated carbocycles. The second kappa shape index (κ2) is 5.24. The van der Waals surface area contributed by atoms with E-state index >= 15 is 0 Å². The summed E-state index contributed by atoms with van der Waals surface area (Å²) in [5.41, 5.74) is -0.523. The lowest BCUT2D eigenvalue weighted by Crippen LogP contribution is -2.62. The fourth-order valence-corrected chi connectivity index (χ4v) is 3.22. The van der Waals surface area contributed by atoms with E-state index in [1.165, 1.54) is 11.0 Å². The number of alkyl halides is 3. The van der Waals surface area contributed by atoms with Crippen LogP contribution in [-0.2, 0) is 0 Å². The molecule has 1 fully saturated rings. The highest BCUT2D eigenvalue weighted by Gasteiger charge is 2.61. The molecule has 0 aromatic heterocycles. The summed E-state index contributed by atoms with van der Waals surface area (Å²) in [6.45, 7) is 3.03. The predicted molar refractivity (Wildman–Crippen MR) is 77.2 cm³/mol. The van der Waals surface area contributed by atoms with Crippen molar-refractivity contribution in [3.8, 4) is 5.75 Å². The zero-order valence-electron chi connectivity index (χ0n) is 12.2. The van der Waals surface area contributed by atoms with Crippen LogP contribution >= 0.6 is 0 Å². The van der Waals surface area contributed by atoms with Gasteiger partial charge in [-0.05, 0) is 19.1 Å². The molecule has 0 radical (unpaired) electrons. The molecule has 2 aliphatic rings. The average Bonchev–Trinajstić information content (AvgIpc) is 2.76. The Balaban J connectivity index is 2.03. The SMILES string of the molecule is Cc1ccc(O)c(C2=NCCN3CCNC3(C(F)(F)F)C2)c1. The van der Waals surface area contributed by atoms with Gasteiger partial charge in [0.05, 0.1) is 6.54 Å². The Labute approximate surface area is 126 Å². The molecule has 1 atom stereocenters. The third kappa shape index (κ3) is 2.38. The van der Waals surface area contributed by atoms with Crippen molar-refractivity contribution in [1.29, 1.82) is 0 Å². The molecule has 120 valence electrons. The van der Waals surface area contributed by atoms with Crippen LogP contribution in [0.1, 0.15) is 17.5 Å². The smallest absolute Gasteiger partial charge is 0.420 e. The van der Waals surface area contributed by atoms with E-state index in [4.69, 9.17) is 0 Å². The van der Waals surface area contributed by atoms with E-state index in [2.05, 4.69) is 10.3 Å². The fraction of sp³-hybridized carbons (Fsp3) is 0.533. The predicted octanol–water partition coefficient (Wildman–Crippen LogP) is 2.06. The number of aryl methyl sites for hydroxylation is 1. The number of halogens is 3. The quantitative estimate of drug-likeness (QED) is 0.834. The first-order chi connectivity index (χ1) is 10.3. The van der Waals surface area contributed by atoms with Gasteiger partial charge in [0, 0.05) is 37.3 Å². The van der Waals surface area contributed by atoms with Crippen molar-refractivity contribution in [2.24, 2.45) is 4.99 Å². The van der Waals surface area contributed by atoms with Crippen molar-refractivity contribution in [2.45, 2.75) is 25.2 Å². The summed E-state index contributed by atoms with van der Waals surface area (Å²) in [6.07, 6.45) is -4.71. The van der Waals surface area contributed by atoms with Gasteiger partial charge in [0.1, 0.15) is 5.75 Å². The summed E-state index contributed by atoms with van der Waals surface area (Å²) < 4.78 is 41.1. The number of phenolic OH excluding ortho intramolecular Hbond substituents is 1. The Bertz CT molecular complexity index is 615.